The molecule has 1 fully saturated rings. The van der Waals surface area contributed by atoms with Crippen molar-refractivity contribution in [2.45, 2.75) is 32.1 Å². The largest absolute Gasteiger partial charge is 0.486 e. The highest BCUT2D eigenvalue weighted by Crippen LogP contribution is 2.31. The minimum absolute atomic E-state index is 0.0115. The summed E-state index contributed by atoms with van der Waals surface area (Å²) in [6, 6.07) is 15.4. The van der Waals surface area contributed by atoms with Crippen LogP contribution in [0.4, 0.5) is 0 Å². The van der Waals surface area contributed by atoms with Gasteiger partial charge >= 0.3 is 5.97 Å². The summed E-state index contributed by atoms with van der Waals surface area (Å²) in [4.78, 5) is 38.6. The van der Waals surface area contributed by atoms with Crippen LogP contribution >= 0.6 is 0 Å². The van der Waals surface area contributed by atoms with Crippen molar-refractivity contribution in [2.24, 2.45) is 5.92 Å². The zero-order chi connectivity index (χ0) is 23.0. The van der Waals surface area contributed by atoms with Crippen molar-refractivity contribution in [2.75, 3.05) is 32.9 Å². The van der Waals surface area contributed by atoms with Gasteiger partial charge in [-0.2, -0.15) is 0 Å². The number of nitrogens with zero attached hydrogens (tertiary/aromatic N) is 1. The molecule has 174 valence electrons. The molecule has 4 rings (SSSR count). The van der Waals surface area contributed by atoms with Gasteiger partial charge in [0.25, 0.3) is 5.91 Å². The van der Waals surface area contributed by atoms with E-state index in [1.54, 1.807) is 23.1 Å². The van der Waals surface area contributed by atoms with E-state index in [1.807, 2.05) is 18.2 Å². The summed E-state index contributed by atoms with van der Waals surface area (Å²) in [5.74, 6) is 0.793. The van der Waals surface area contributed by atoms with Crippen molar-refractivity contribution in [1.82, 2.24) is 4.90 Å². The normalized spacial score (nSPS) is 15.7. The van der Waals surface area contributed by atoms with E-state index in [2.05, 4.69) is 12.1 Å². The van der Waals surface area contributed by atoms with E-state index < -0.39 is 5.97 Å². The molecule has 1 saturated heterocycles. The first-order chi connectivity index (χ1) is 16.1. The fourth-order valence-electron chi connectivity index (χ4n) is 4.22. The number of Topliss-reactive ketones (excluding diaryl/α,β-unsaturated/α-hetero) is 1. The molecule has 33 heavy (non-hydrogen) atoms. The maximum atomic E-state index is 12.4. The lowest BCUT2D eigenvalue weighted by Gasteiger charge is -2.32. The fourth-order valence-corrected chi connectivity index (χ4v) is 4.22. The molecule has 0 atom stereocenters. The second kappa shape index (κ2) is 11.0. The number of fused-ring (bicyclic) bond motifs is 1. The van der Waals surface area contributed by atoms with Gasteiger partial charge in [0, 0.05) is 25.1 Å². The Kier molecular flexibility index (Phi) is 7.60. The van der Waals surface area contributed by atoms with Crippen LogP contribution in [0.15, 0.2) is 48.5 Å². The van der Waals surface area contributed by atoms with Crippen LogP contribution < -0.4 is 9.47 Å². The Morgan fingerprint density at radius 2 is 1.64 bits per heavy atom. The monoisotopic (exact) mass is 451 g/mol. The van der Waals surface area contributed by atoms with Crippen LogP contribution in [-0.2, 0) is 20.7 Å². The first-order valence-electron chi connectivity index (χ1n) is 11.5. The summed E-state index contributed by atoms with van der Waals surface area (Å²) in [7, 11) is 0. The van der Waals surface area contributed by atoms with Crippen molar-refractivity contribution in [1.29, 1.82) is 0 Å². The second-order valence-corrected chi connectivity index (χ2v) is 8.46. The van der Waals surface area contributed by atoms with Gasteiger partial charge in [-0.05, 0) is 48.9 Å². The Morgan fingerprint density at radius 1 is 0.909 bits per heavy atom. The Morgan fingerprint density at radius 3 is 2.39 bits per heavy atom. The van der Waals surface area contributed by atoms with E-state index in [1.165, 1.54) is 5.56 Å². The second-order valence-electron chi connectivity index (χ2n) is 8.46. The lowest BCUT2D eigenvalue weighted by atomic mass is 9.90. The molecule has 0 aliphatic carbocycles. The molecule has 2 aromatic rings. The summed E-state index contributed by atoms with van der Waals surface area (Å²) in [5.41, 5.74) is 1.78. The lowest BCUT2D eigenvalue weighted by Crippen LogP contribution is -2.41. The Balaban J connectivity index is 1.15. The van der Waals surface area contributed by atoms with E-state index in [0.717, 1.165) is 19.3 Å². The van der Waals surface area contributed by atoms with Gasteiger partial charge in [0.1, 0.15) is 13.2 Å². The molecule has 0 spiro atoms. The first kappa shape index (κ1) is 22.8. The third-order valence-electron chi connectivity index (χ3n) is 6.11. The highest BCUT2D eigenvalue weighted by Gasteiger charge is 2.24. The van der Waals surface area contributed by atoms with Gasteiger partial charge in [-0.25, -0.2) is 0 Å². The Bertz CT molecular complexity index is 982. The predicted molar refractivity (Wildman–Crippen MR) is 121 cm³/mol. The predicted octanol–water partition coefficient (Wildman–Crippen LogP) is 3.45. The SMILES string of the molecule is O=C(CCC(=O)c1ccc2c(c1)OCCO2)OCC(=O)N1CCC(Cc2ccccc2)CC1. The van der Waals surface area contributed by atoms with Crippen LogP contribution in [0.1, 0.15) is 41.6 Å². The summed E-state index contributed by atoms with van der Waals surface area (Å²) < 4.78 is 16.1. The van der Waals surface area contributed by atoms with Gasteiger partial charge in [0.15, 0.2) is 23.9 Å². The number of piperidine rings is 1. The first-order valence-corrected chi connectivity index (χ1v) is 11.5. The maximum Gasteiger partial charge on any atom is 0.306 e. The quantitative estimate of drug-likeness (QED) is 0.452. The van der Waals surface area contributed by atoms with Crippen molar-refractivity contribution in [3.05, 3.63) is 59.7 Å². The molecular formula is C26H29NO6. The van der Waals surface area contributed by atoms with Gasteiger partial charge in [-0.1, -0.05) is 30.3 Å². The molecule has 1 amide bonds. The van der Waals surface area contributed by atoms with Crippen molar-refractivity contribution in [3.63, 3.8) is 0 Å². The highest BCUT2D eigenvalue weighted by molar-refractivity contribution is 5.98. The van der Waals surface area contributed by atoms with Crippen LogP contribution in [0.5, 0.6) is 11.5 Å². The van der Waals surface area contributed by atoms with Gasteiger partial charge in [0.05, 0.1) is 6.42 Å². The van der Waals surface area contributed by atoms with E-state index in [0.29, 0.717) is 49.3 Å². The fraction of sp³-hybridized carbons (Fsp3) is 0.423. The summed E-state index contributed by atoms with van der Waals surface area (Å²) >= 11 is 0. The summed E-state index contributed by atoms with van der Waals surface area (Å²) in [6.45, 7) is 2.00. The molecule has 2 aliphatic heterocycles. The van der Waals surface area contributed by atoms with Crippen LogP contribution in [0.25, 0.3) is 0 Å². The number of benzene rings is 2. The minimum Gasteiger partial charge on any atom is -0.486 e. The van der Waals surface area contributed by atoms with E-state index in [4.69, 9.17) is 14.2 Å². The third kappa shape index (κ3) is 6.34. The van der Waals surface area contributed by atoms with Crippen LogP contribution in [0.3, 0.4) is 0 Å². The van der Waals surface area contributed by atoms with Crippen LogP contribution in [0, 0.1) is 5.92 Å². The van der Waals surface area contributed by atoms with Crippen molar-refractivity contribution < 1.29 is 28.6 Å². The van der Waals surface area contributed by atoms with Crippen molar-refractivity contribution in [3.8, 4) is 11.5 Å². The van der Waals surface area contributed by atoms with E-state index >= 15 is 0 Å². The molecular weight excluding hydrogens is 422 g/mol. The number of ketones is 1. The topological polar surface area (TPSA) is 82.1 Å². The zero-order valence-corrected chi connectivity index (χ0v) is 18.7. The molecule has 7 nitrogen and oxygen atoms in total. The summed E-state index contributed by atoms with van der Waals surface area (Å²) in [6.07, 6.45) is 2.85. The molecule has 2 aliphatic rings. The minimum atomic E-state index is -0.548. The number of hydrogen-bond donors (Lipinski definition) is 0. The molecule has 2 aromatic carbocycles. The average molecular weight is 452 g/mol. The zero-order valence-electron chi connectivity index (χ0n) is 18.7. The highest BCUT2D eigenvalue weighted by atomic mass is 16.6. The molecule has 2 heterocycles. The molecule has 0 unspecified atom stereocenters. The number of carbonyl (C=O) groups is 3. The number of rotatable bonds is 8. The average Bonchev–Trinajstić information content (AvgIpc) is 2.86. The van der Waals surface area contributed by atoms with Gasteiger partial charge in [0.2, 0.25) is 0 Å². The van der Waals surface area contributed by atoms with E-state index in [-0.39, 0.29) is 31.1 Å². The number of esters is 1. The Hall–Kier alpha value is -3.35. The number of likely N-dealkylation sites (tertiary alicyclic amines) is 1. The van der Waals surface area contributed by atoms with Crippen LogP contribution in [-0.4, -0.2) is 55.5 Å². The third-order valence-corrected chi connectivity index (χ3v) is 6.11. The molecule has 0 aromatic heterocycles. The van der Waals surface area contributed by atoms with Crippen LogP contribution in [0.2, 0.25) is 0 Å². The molecule has 0 radical (unpaired) electrons. The smallest absolute Gasteiger partial charge is 0.306 e. The summed E-state index contributed by atoms with van der Waals surface area (Å²) in [5, 5.41) is 0. The maximum absolute atomic E-state index is 12.4. The standard InChI is InChI=1S/C26H29NO6/c28-22(21-6-8-23-24(17-21)32-15-14-31-23)7-9-26(30)33-18-25(29)27-12-10-20(11-13-27)16-19-4-2-1-3-5-19/h1-6,8,17,20H,7,9-16,18H2. The number of hydrogen-bond acceptors (Lipinski definition) is 6. The van der Waals surface area contributed by atoms with E-state index in [9.17, 15) is 14.4 Å². The number of ether oxygens (including phenoxy) is 3. The molecule has 0 saturated carbocycles. The Labute approximate surface area is 193 Å². The van der Waals surface area contributed by atoms with Crippen molar-refractivity contribution >= 4 is 17.7 Å². The van der Waals surface area contributed by atoms with Gasteiger partial charge in [-0.15, -0.1) is 0 Å². The lowest BCUT2D eigenvalue weighted by molar-refractivity contribution is -0.152. The number of carbonyl (C=O) groups excluding carboxylic acids is 3. The number of amides is 1. The van der Waals surface area contributed by atoms with Gasteiger partial charge < -0.3 is 19.1 Å². The molecule has 0 N–H and O–H groups in total. The molecule has 0 bridgehead atoms. The van der Waals surface area contributed by atoms with Gasteiger partial charge in [-0.3, -0.25) is 14.4 Å². The molecule has 7 heteroatoms.